The molecule has 0 amide bonds. The van der Waals surface area contributed by atoms with Crippen molar-refractivity contribution < 1.29 is 4.79 Å². The van der Waals surface area contributed by atoms with Crippen molar-refractivity contribution in [2.75, 3.05) is 0 Å². The summed E-state index contributed by atoms with van der Waals surface area (Å²) in [6.07, 6.45) is 1.83. The third-order valence-corrected chi connectivity index (χ3v) is 4.15. The second-order valence-electron chi connectivity index (χ2n) is 4.68. The number of hydrogen-bond acceptors (Lipinski definition) is 2. The molecule has 2 rings (SSSR count). The average Bonchev–Trinajstić information content (AvgIpc) is 2.83. The van der Waals surface area contributed by atoms with Crippen LogP contribution in [0.15, 0.2) is 41.8 Å². The van der Waals surface area contributed by atoms with Gasteiger partial charge in [-0.3, -0.25) is 0 Å². The van der Waals surface area contributed by atoms with E-state index in [4.69, 9.17) is 0 Å². The molecule has 0 radical (unpaired) electrons. The zero-order valence-corrected chi connectivity index (χ0v) is 11.0. The minimum Gasteiger partial charge on any atom is -0.302 e. The third-order valence-electron chi connectivity index (χ3n) is 3.00. The Hall–Kier alpha value is -1.41. The lowest BCUT2D eigenvalue weighted by molar-refractivity contribution is -0.112. The van der Waals surface area contributed by atoms with Crippen LogP contribution in [0.2, 0.25) is 0 Å². The van der Waals surface area contributed by atoms with Crippen LogP contribution in [0, 0.1) is 6.92 Å². The molecule has 1 aromatic heterocycles. The molecule has 1 aromatic carbocycles. The number of rotatable bonds is 4. The number of hydrogen-bond donors (Lipinski definition) is 0. The van der Waals surface area contributed by atoms with E-state index >= 15 is 0 Å². The topological polar surface area (TPSA) is 17.1 Å². The summed E-state index contributed by atoms with van der Waals surface area (Å²) < 4.78 is 0. The Bertz CT molecular complexity index is 501. The van der Waals surface area contributed by atoms with Crippen LogP contribution in [0.25, 0.3) is 0 Å². The number of aldehydes is 1. The quantitative estimate of drug-likeness (QED) is 0.748. The van der Waals surface area contributed by atoms with E-state index in [1.807, 2.05) is 30.5 Å². The summed E-state index contributed by atoms with van der Waals surface area (Å²) in [5.41, 5.74) is 2.05. The Labute approximate surface area is 106 Å². The first-order valence-electron chi connectivity index (χ1n) is 5.70. The number of aryl methyl sites for hydroxylation is 1. The van der Waals surface area contributed by atoms with Crippen LogP contribution < -0.4 is 0 Å². The predicted octanol–water partition coefficient (Wildman–Crippen LogP) is 3.76. The molecule has 88 valence electrons. The van der Waals surface area contributed by atoms with E-state index in [-0.39, 0.29) is 0 Å². The first kappa shape index (κ1) is 12.1. The molecular weight excluding hydrogens is 228 g/mol. The van der Waals surface area contributed by atoms with Gasteiger partial charge < -0.3 is 4.79 Å². The summed E-state index contributed by atoms with van der Waals surface area (Å²) in [6.45, 7) is 4.08. The number of thiophene rings is 1. The van der Waals surface area contributed by atoms with Crippen LogP contribution in [0.3, 0.4) is 0 Å². The molecule has 0 bridgehead atoms. The second-order valence-corrected chi connectivity index (χ2v) is 5.63. The van der Waals surface area contributed by atoms with E-state index in [9.17, 15) is 4.79 Å². The average molecular weight is 244 g/mol. The SMILES string of the molecule is Cc1cccc(CC(C)(C=O)c2cccs2)c1. The van der Waals surface area contributed by atoms with E-state index in [1.165, 1.54) is 11.1 Å². The molecule has 1 unspecified atom stereocenters. The molecule has 0 saturated heterocycles. The molecule has 1 atom stereocenters. The summed E-state index contributed by atoms with van der Waals surface area (Å²) in [4.78, 5) is 12.6. The lowest BCUT2D eigenvalue weighted by atomic mass is 9.83. The Balaban J connectivity index is 2.29. The fourth-order valence-electron chi connectivity index (χ4n) is 2.04. The van der Waals surface area contributed by atoms with Crippen molar-refractivity contribution in [1.82, 2.24) is 0 Å². The van der Waals surface area contributed by atoms with Gasteiger partial charge >= 0.3 is 0 Å². The molecule has 0 aliphatic heterocycles. The zero-order valence-electron chi connectivity index (χ0n) is 10.1. The minimum atomic E-state index is -0.401. The highest BCUT2D eigenvalue weighted by Gasteiger charge is 2.27. The summed E-state index contributed by atoms with van der Waals surface area (Å²) in [6, 6.07) is 12.4. The van der Waals surface area contributed by atoms with Gasteiger partial charge in [0.2, 0.25) is 0 Å². The van der Waals surface area contributed by atoms with Crippen molar-refractivity contribution in [2.24, 2.45) is 0 Å². The van der Waals surface area contributed by atoms with Gasteiger partial charge in [-0.2, -0.15) is 0 Å². The van der Waals surface area contributed by atoms with Crippen molar-refractivity contribution >= 4 is 17.6 Å². The van der Waals surface area contributed by atoms with Crippen LogP contribution in [0.5, 0.6) is 0 Å². The zero-order chi connectivity index (χ0) is 12.3. The van der Waals surface area contributed by atoms with Gasteiger partial charge in [0.1, 0.15) is 6.29 Å². The molecule has 0 aliphatic rings. The lowest BCUT2D eigenvalue weighted by Crippen LogP contribution is -2.25. The van der Waals surface area contributed by atoms with Gasteiger partial charge in [0.15, 0.2) is 0 Å². The molecule has 0 saturated carbocycles. The van der Waals surface area contributed by atoms with Crippen LogP contribution in [-0.4, -0.2) is 6.29 Å². The molecular formula is C15H16OS. The standard InChI is InChI=1S/C15H16OS/c1-12-5-3-6-13(9-12)10-15(2,11-16)14-7-4-8-17-14/h3-9,11H,10H2,1-2H3. The second kappa shape index (κ2) is 4.84. The van der Waals surface area contributed by atoms with Crippen LogP contribution in [0.1, 0.15) is 22.9 Å². The van der Waals surface area contributed by atoms with Crippen molar-refractivity contribution in [3.63, 3.8) is 0 Å². The van der Waals surface area contributed by atoms with Gasteiger partial charge in [-0.15, -0.1) is 11.3 Å². The monoisotopic (exact) mass is 244 g/mol. The summed E-state index contributed by atoms with van der Waals surface area (Å²) in [5.74, 6) is 0. The van der Waals surface area contributed by atoms with E-state index in [2.05, 4.69) is 25.1 Å². The normalized spacial score (nSPS) is 14.2. The van der Waals surface area contributed by atoms with Crippen molar-refractivity contribution in [1.29, 1.82) is 0 Å². The molecule has 0 N–H and O–H groups in total. The highest BCUT2D eigenvalue weighted by molar-refractivity contribution is 7.10. The van der Waals surface area contributed by atoms with Gasteiger partial charge in [0.05, 0.1) is 5.41 Å². The maximum Gasteiger partial charge on any atom is 0.131 e. The minimum absolute atomic E-state index is 0.401. The van der Waals surface area contributed by atoms with E-state index in [1.54, 1.807) is 11.3 Å². The van der Waals surface area contributed by atoms with E-state index in [0.717, 1.165) is 17.6 Å². The maximum absolute atomic E-state index is 11.4. The summed E-state index contributed by atoms with van der Waals surface area (Å²) in [5, 5.41) is 2.02. The van der Waals surface area contributed by atoms with Gasteiger partial charge in [-0.1, -0.05) is 35.9 Å². The molecule has 1 nitrogen and oxygen atoms in total. The number of carbonyl (C=O) groups excluding carboxylic acids is 1. The Morgan fingerprint density at radius 3 is 2.71 bits per heavy atom. The molecule has 17 heavy (non-hydrogen) atoms. The molecule has 0 fully saturated rings. The Morgan fingerprint density at radius 2 is 2.12 bits per heavy atom. The largest absolute Gasteiger partial charge is 0.302 e. The van der Waals surface area contributed by atoms with Crippen LogP contribution >= 0.6 is 11.3 Å². The molecule has 2 heteroatoms. The lowest BCUT2D eigenvalue weighted by Gasteiger charge is -2.21. The fraction of sp³-hybridized carbons (Fsp3) is 0.267. The van der Waals surface area contributed by atoms with E-state index < -0.39 is 5.41 Å². The first-order valence-corrected chi connectivity index (χ1v) is 6.58. The van der Waals surface area contributed by atoms with Crippen molar-refractivity contribution in [2.45, 2.75) is 25.7 Å². The van der Waals surface area contributed by atoms with Gasteiger partial charge in [0, 0.05) is 4.88 Å². The number of carbonyl (C=O) groups is 1. The van der Waals surface area contributed by atoms with Crippen LogP contribution in [0.4, 0.5) is 0 Å². The Kier molecular flexibility index (Phi) is 3.43. The highest BCUT2D eigenvalue weighted by atomic mass is 32.1. The summed E-state index contributed by atoms with van der Waals surface area (Å²) >= 11 is 1.65. The Morgan fingerprint density at radius 1 is 1.29 bits per heavy atom. The molecule has 1 heterocycles. The first-order chi connectivity index (χ1) is 8.14. The van der Waals surface area contributed by atoms with Crippen molar-refractivity contribution in [3.05, 3.63) is 57.8 Å². The number of benzene rings is 1. The van der Waals surface area contributed by atoms with Gasteiger partial charge in [-0.05, 0) is 37.3 Å². The van der Waals surface area contributed by atoms with E-state index in [0.29, 0.717) is 0 Å². The summed E-state index contributed by atoms with van der Waals surface area (Å²) in [7, 11) is 0. The smallest absolute Gasteiger partial charge is 0.131 e. The fourth-order valence-corrected chi connectivity index (χ4v) is 2.89. The molecule has 2 aromatic rings. The third kappa shape index (κ3) is 2.64. The highest BCUT2D eigenvalue weighted by Crippen LogP contribution is 2.29. The molecule has 0 spiro atoms. The van der Waals surface area contributed by atoms with Crippen LogP contribution in [-0.2, 0) is 16.6 Å². The predicted molar refractivity (Wildman–Crippen MR) is 72.6 cm³/mol. The van der Waals surface area contributed by atoms with Gasteiger partial charge in [-0.25, -0.2) is 0 Å². The van der Waals surface area contributed by atoms with Gasteiger partial charge in [0.25, 0.3) is 0 Å². The molecule has 0 aliphatic carbocycles. The van der Waals surface area contributed by atoms with Crippen molar-refractivity contribution in [3.8, 4) is 0 Å². The maximum atomic E-state index is 11.4.